The summed E-state index contributed by atoms with van der Waals surface area (Å²) in [6.07, 6.45) is 0. The summed E-state index contributed by atoms with van der Waals surface area (Å²) in [5.74, 6) is -0.257. The number of hydrogen-bond acceptors (Lipinski definition) is 4. The molecule has 1 atom stereocenters. The molecule has 2 heterocycles. The van der Waals surface area contributed by atoms with Gasteiger partial charge in [0.25, 0.3) is 0 Å². The van der Waals surface area contributed by atoms with Gasteiger partial charge < -0.3 is 4.42 Å². The van der Waals surface area contributed by atoms with Gasteiger partial charge in [-0.05, 0) is 80.0 Å². The zero-order chi connectivity index (χ0) is 47.8. The largest absolute Gasteiger partial charge is 0.456 e. The molecular formula is C50H31N3O. The van der Waals surface area contributed by atoms with Crippen LogP contribution in [0.1, 0.15) is 41.8 Å². The van der Waals surface area contributed by atoms with E-state index >= 15 is 0 Å². The van der Waals surface area contributed by atoms with Crippen LogP contribution in [0.25, 0.3) is 89.1 Å². The Hall–Kier alpha value is -7.17. The van der Waals surface area contributed by atoms with Crippen LogP contribution in [-0.2, 0) is 0 Å². The number of aromatic nitrogens is 3. The second-order valence-corrected chi connectivity index (χ2v) is 12.8. The summed E-state index contributed by atoms with van der Waals surface area (Å²) in [4.78, 5) is 14.7. The van der Waals surface area contributed by atoms with Crippen molar-refractivity contribution in [2.45, 2.75) is 5.92 Å². The van der Waals surface area contributed by atoms with Crippen molar-refractivity contribution in [1.82, 2.24) is 15.0 Å². The van der Waals surface area contributed by atoms with Crippen molar-refractivity contribution in [3.8, 4) is 56.4 Å². The molecule has 0 amide bonds. The number of furan rings is 1. The maximum atomic E-state index is 9.80. The van der Waals surface area contributed by atoms with E-state index < -0.39 is 90.5 Å². The maximum absolute atomic E-state index is 9.80. The van der Waals surface area contributed by atoms with E-state index in [1.165, 1.54) is 0 Å². The summed E-state index contributed by atoms with van der Waals surface area (Å²) in [5.41, 5.74) is 2.10. The molecule has 1 unspecified atom stereocenters. The highest BCUT2D eigenvalue weighted by Crippen LogP contribution is 2.50. The molecule has 252 valence electrons. The van der Waals surface area contributed by atoms with Gasteiger partial charge in [-0.3, -0.25) is 0 Å². The molecule has 0 N–H and O–H groups in total. The quantitative estimate of drug-likeness (QED) is 0.179. The van der Waals surface area contributed by atoms with E-state index in [4.69, 9.17) is 31.7 Å². The highest BCUT2D eigenvalue weighted by Gasteiger charge is 2.30. The summed E-state index contributed by atoms with van der Waals surface area (Å²) in [6.45, 7) is 0. The molecule has 4 heteroatoms. The Morgan fingerprint density at radius 1 is 0.463 bits per heavy atom. The predicted octanol–water partition coefficient (Wildman–Crippen LogP) is 12.8. The molecule has 4 nitrogen and oxygen atoms in total. The first-order valence-corrected chi connectivity index (χ1v) is 17.2. The molecule has 0 radical (unpaired) electrons. The Morgan fingerprint density at radius 3 is 1.94 bits per heavy atom. The summed E-state index contributed by atoms with van der Waals surface area (Å²) in [5, 5.41) is 0.641. The molecule has 0 bridgehead atoms. The van der Waals surface area contributed by atoms with Crippen molar-refractivity contribution >= 4 is 32.7 Å². The van der Waals surface area contributed by atoms with Gasteiger partial charge >= 0.3 is 0 Å². The lowest BCUT2D eigenvalue weighted by atomic mass is 9.87. The molecule has 8 aromatic carbocycles. The Kier molecular flexibility index (Phi) is 4.44. The SMILES string of the molecule is [2H]c1c([2H])c([2H])c2c(c1[2H])-c1c(c([2H])c3c([2H])c([2H])c([2H])c([2H])c3c1[2H])C2c1c([2H])c([2H])c([2H])c(-c2ccc3c(c2)oc2cccc(-c4nc(-c5ccccc5)nc(-c5ccccc5)n4)c23)c1[2H]. The van der Waals surface area contributed by atoms with Crippen LogP contribution in [0.15, 0.2) is 186 Å². The average molecular weight is 704 g/mol. The minimum absolute atomic E-state index is 0.114. The fourth-order valence-corrected chi connectivity index (χ4v) is 7.22. The normalized spacial score (nSPS) is 17.0. The van der Waals surface area contributed by atoms with Crippen molar-refractivity contribution in [2.75, 3.05) is 0 Å². The number of benzene rings is 8. The van der Waals surface area contributed by atoms with Gasteiger partial charge in [0, 0.05) is 33.4 Å². The van der Waals surface area contributed by atoms with Crippen LogP contribution in [0.4, 0.5) is 0 Å². The van der Waals surface area contributed by atoms with Gasteiger partial charge in [-0.25, -0.2) is 15.0 Å². The summed E-state index contributed by atoms with van der Waals surface area (Å²) in [7, 11) is 0. The minimum atomic E-state index is -1.57. The molecule has 0 saturated carbocycles. The molecule has 0 spiro atoms. The van der Waals surface area contributed by atoms with E-state index in [1.54, 1.807) is 24.3 Å². The average Bonchev–Trinajstić information content (AvgIpc) is 3.91. The standard InChI is InChI=1S/C50H31N3O/c1-3-13-31(14-4-1)48-51-49(32-15-5-2-6-16-32)53-50(52-48)41-23-12-24-44-47(41)40-26-25-36(30-45(40)54-44)33-19-11-20-37(27-33)46-39-22-10-9-21-38(39)42-28-34-17-7-8-18-35(34)29-43(42)46/h1-30,46H/i7D,8D,9D,10D,11D,17D,18D,19D,20D,21D,22D,27D,28D,29D. The first-order chi connectivity index (χ1) is 32.6. The summed E-state index contributed by atoms with van der Waals surface area (Å²) >= 11 is 0. The third kappa shape index (κ3) is 4.96. The lowest BCUT2D eigenvalue weighted by Gasteiger charge is -2.16. The third-order valence-corrected chi connectivity index (χ3v) is 9.67. The fraction of sp³-hybridized carbons (Fsp3) is 0.0200. The van der Waals surface area contributed by atoms with Crippen LogP contribution in [0.5, 0.6) is 0 Å². The smallest absolute Gasteiger partial charge is 0.164 e. The first kappa shape index (κ1) is 19.6. The molecule has 2 aromatic heterocycles. The van der Waals surface area contributed by atoms with Gasteiger partial charge in [0.2, 0.25) is 0 Å². The Bertz CT molecular complexity index is 3810. The van der Waals surface area contributed by atoms with Crippen molar-refractivity contribution in [3.05, 3.63) is 198 Å². The second kappa shape index (κ2) is 12.2. The zero-order valence-corrected chi connectivity index (χ0v) is 28.1. The lowest BCUT2D eigenvalue weighted by Crippen LogP contribution is -2.00. The van der Waals surface area contributed by atoms with E-state index in [-0.39, 0.29) is 49.7 Å². The molecule has 1 aliphatic carbocycles. The molecule has 1 aliphatic rings. The van der Waals surface area contributed by atoms with Gasteiger partial charge in [0.1, 0.15) is 11.2 Å². The van der Waals surface area contributed by atoms with E-state index in [0.29, 0.717) is 45.0 Å². The molecule has 0 aliphatic heterocycles. The van der Waals surface area contributed by atoms with Crippen molar-refractivity contribution in [1.29, 1.82) is 0 Å². The van der Waals surface area contributed by atoms with Crippen LogP contribution < -0.4 is 0 Å². The summed E-state index contributed by atoms with van der Waals surface area (Å²) in [6, 6.07) is 21.3. The van der Waals surface area contributed by atoms with Gasteiger partial charge in [-0.1, -0.05) is 151 Å². The van der Waals surface area contributed by atoms with Crippen molar-refractivity contribution in [2.24, 2.45) is 0 Å². The monoisotopic (exact) mass is 703 g/mol. The topological polar surface area (TPSA) is 51.8 Å². The van der Waals surface area contributed by atoms with E-state index in [9.17, 15) is 6.85 Å². The molecule has 54 heavy (non-hydrogen) atoms. The minimum Gasteiger partial charge on any atom is -0.456 e. The van der Waals surface area contributed by atoms with Crippen LogP contribution in [0.3, 0.4) is 0 Å². The van der Waals surface area contributed by atoms with Crippen LogP contribution >= 0.6 is 0 Å². The number of hydrogen-bond donors (Lipinski definition) is 0. The van der Waals surface area contributed by atoms with Crippen LogP contribution in [-0.4, -0.2) is 15.0 Å². The highest BCUT2D eigenvalue weighted by atomic mass is 16.3. The third-order valence-electron chi connectivity index (χ3n) is 9.67. The lowest BCUT2D eigenvalue weighted by molar-refractivity contribution is 0.669. The van der Waals surface area contributed by atoms with Crippen molar-refractivity contribution < 1.29 is 23.6 Å². The van der Waals surface area contributed by atoms with E-state index in [0.717, 1.165) is 11.1 Å². The fourth-order valence-electron chi connectivity index (χ4n) is 7.22. The van der Waals surface area contributed by atoms with Gasteiger partial charge in [0.15, 0.2) is 17.5 Å². The number of fused-ring (bicyclic) bond motifs is 7. The van der Waals surface area contributed by atoms with Gasteiger partial charge in [0.05, 0.1) is 19.2 Å². The Labute approximate surface area is 331 Å². The van der Waals surface area contributed by atoms with E-state index in [1.807, 2.05) is 72.8 Å². The van der Waals surface area contributed by atoms with Crippen LogP contribution in [0, 0.1) is 0 Å². The first-order valence-electron chi connectivity index (χ1n) is 24.2. The zero-order valence-electron chi connectivity index (χ0n) is 42.1. The molecular weight excluding hydrogens is 659 g/mol. The molecule has 10 aromatic rings. The Morgan fingerprint density at radius 2 is 1.17 bits per heavy atom. The second-order valence-electron chi connectivity index (χ2n) is 12.8. The molecule has 0 saturated heterocycles. The molecule has 11 rings (SSSR count). The molecule has 0 fully saturated rings. The van der Waals surface area contributed by atoms with Gasteiger partial charge in [-0.2, -0.15) is 0 Å². The van der Waals surface area contributed by atoms with E-state index in [2.05, 4.69) is 0 Å². The number of rotatable bonds is 5. The van der Waals surface area contributed by atoms with Crippen LogP contribution in [0.2, 0.25) is 0 Å². The number of nitrogens with zero attached hydrogens (tertiary/aromatic N) is 3. The predicted molar refractivity (Wildman–Crippen MR) is 219 cm³/mol. The van der Waals surface area contributed by atoms with Crippen molar-refractivity contribution in [3.63, 3.8) is 0 Å². The Balaban J connectivity index is 1.14. The highest BCUT2D eigenvalue weighted by molar-refractivity contribution is 6.12. The van der Waals surface area contributed by atoms with Gasteiger partial charge in [-0.15, -0.1) is 0 Å². The summed E-state index contributed by atoms with van der Waals surface area (Å²) < 4.78 is 132. The maximum Gasteiger partial charge on any atom is 0.164 e.